The molecule has 0 fully saturated rings. The van der Waals surface area contributed by atoms with Crippen molar-refractivity contribution in [3.8, 4) is 5.75 Å². The van der Waals surface area contributed by atoms with Gasteiger partial charge in [-0.2, -0.15) is 0 Å². The third-order valence-corrected chi connectivity index (χ3v) is 3.30. The molecule has 0 saturated heterocycles. The predicted octanol–water partition coefficient (Wildman–Crippen LogP) is 1.74. The van der Waals surface area contributed by atoms with Gasteiger partial charge in [-0.25, -0.2) is 0 Å². The Morgan fingerprint density at radius 2 is 2.05 bits per heavy atom. The molecule has 0 aliphatic rings. The Bertz CT molecular complexity index is 431. The second kappa shape index (κ2) is 8.43. The van der Waals surface area contributed by atoms with E-state index in [1.165, 1.54) is 0 Å². The van der Waals surface area contributed by atoms with Crippen molar-refractivity contribution in [2.24, 2.45) is 0 Å². The zero-order valence-electron chi connectivity index (χ0n) is 12.6. The molecule has 1 aromatic rings. The standard InChI is InChI=1S/C15H25N3O2/c1-4-18(5-2)10-6-9-17-15(19)13-11-12(16)7-8-14(13)20-3/h7-8,11H,4-6,9-10,16H2,1-3H3,(H,17,19). The van der Waals surface area contributed by atoms with Crippen molar-refractivity contribution >= 4 is 11.6 Å². The molecule has 0 spiro atoms. The molecule has 1 aromatic carbocycles. The Hall–Kier alpha value is -1.75. The van der Waals surface area contributed by atoms with E-state index in [1.807, 2.05) is 0 Å². The molecule has 0 saturated carbocycles. The number of nitrogens with one attached hydrogen (secondary N) is 1. The molecule has 5 nitrogen and oxygen atoms in total. The molecule has 0 unspecified atom stereocenters. The lowest BCUT2D eigenvalue weighted by molar-refractivity contribution is 0.0949. The van der Waals surface area contributed by atoms with E-state index in [-0.39, 0.29) is 5.91 Å². The number of carbonyl (C=O) groups is 1. The minimum atomic E-state index is -0.145. The van der Waals surface area contributed by atoms with Crippen molar-refractivity contribution < 1.29 is 9.53 Å². The van der Waals surface area contributed by atoms with Crippen LogP contribution in [0.5, 0.6) is 5.75 Å². The molecule has 20 heavy (non-hydrogen) atoms. The summed E-state index contributed by atoms with van der Waals surface area (Å²) in [5, 5.41) is 2.90. The number of nitrogens with zero attached hydrogens (tertiary/aromatic N) is 1. The van der Waals surface area contributed by atoms with E-state index in [2.05, 4.69) is 24.1 Å². The molecule has 5 heteroatoms. The van der Waals surface area contributed by atoms with Gasteiger partial charge in [-0.15, -0.1) is 0 Å². The van der Waals surface area contributed by atoms with Crippen LogP contribution in [0.4, 0.5) is 5.69 Å². The van der Waals surface area contributed by atoms with Crippen molar-refractivity contribution in [2.45, 2.75) is 20.3 Å². The molecule has 0 bridgehead atoms. The zero-order valence-corrected chi connectivity index (χ0v) is 12.6. The number of ether oxygens (including phenoxy) is 1. The molecule has 1 amide bonds. The predicted molar refractivity (Wildman–Crippen MR) is 82.1 cm³/mol. The van der Waals surface area contributed by atoms with Gasteiger partial charge in [0.15, 0.2) is 0 Å². The number of nitrogen functional groups attached to an aromatic ring is 1. The topological polar surface area (TPSA) is 67.6 Å². The second-order valence-electron chi connectivity index (χ2n) is 4.60. The van der Waals surface area contributed by atoms with Crippen molar-refractivity contribution in [1.29, 1.82) is 0 Å². The van der Waals surface area contributed by atoms with Crippen LogP contribution < -0.4 is 15.8 Å². The fourth-order valence-corrected chi connectivity index (χ4v) is 2.04. The minimum Gasteiger partial charge on any atom is -0.496 e. The van der Waals surface area contributed by atoms with Gasteiger partial charge in [0, 0.05) is 12.2 Å². The lowest BCUT2D eigenvalue weighted by atomic mass is 10.1. The third kappa shape index (κ3) is 4.74. The molecule has 0 heterocycles. The van der Waals surface area contributed by atoms with E-state index in [0.29, 0.717) is 23.5 Å². The Morgan fingerprint density at radius 1 is 1.35 bits per heavy atom. The number of methoxy groups -OCH3 is 1. The number of benzene rings is 1. The van der Waals surface area contributed by atoms with Crippen LogP contribution in [0.15, 0.2) is 18.2 Å². The maximum Gasteiger partial charge on any atom is 0.255 e. The Balaban J connectivity index is 2.49. The van der Waals surface area contributed by atoms with Gasteiger partial charge in [-0.05, 0) is 44.3 Å². The van der Waals surface area contributed by atoms with E-state index in [0.717, 1.165) is 26.1 Å². The fraction of sp³-hybridized carbons (Fsp3) is 0.533. The van der Waals surface area contributed by atoms with Crippen LogP contribution in [0.25, 0.3) is 0 Å². The number of nitrogens with two attached hydrogens (primary N) is 1. The van der Waals surface area contributed by atoms with E-state index in [4.69, 9.17) is 10.5 Å². The molecular formula is C15H25N3O2. The summed E-state index contributed by atoms with van der Waals surface area (Å²) in [7, 11) is 1.54. The lowest BCUT2D eigenvalue weighted by Gasteiger charge is -2.17. The van der Waals surface area contributed by atoms with Crippen molar-refractivity contribution in [3.63, 3.8) is 0 Å². The summed E-state index contributed by atoms with van der Waals surface area (Å²) in [5.74, 6) is 0.397. The third-order valence-electron chi connectivity index (χ3n) is 3.30. The summed E-state index contributed by atoms with van der Waals surface area (Å²) < 4.78 is 5.18. The highest BCUT2D eigenvalue weighted by molar-refractivity contribution is 5.97. The highest BCUT2D eigenvalue weighted by atomic mass is 16.5. The first-order chi connectivity index (χ1) is 9.62. The van der Waals surface area contributed by atoms with Crippen LogP contribution in [-0.4, -0.2) is 44.1 Å². The highest BCUT2D eigenvalue weighted by Gasteiger charge is 2.12. The lowest BCUT2D eigenvalue weighted by Crippen LogP contribution is -2.30. The molecular weight excluding hydrogens is 254 g/mol. The van der Waals surface area contributed by atoms with Crippen molar-refractivity contribution in [1.82, 2.24) is 10.2 Å². The molecule has 0 aromatic heterocycles. The van der Waals surface area contributed by atoms with Crippen molar-refractivity contribution in [3.05, 3.63) is 23.8 Å². The Morgan fingerprint density at radius 3 is 2.65 bits per heavy atom. The Labute approximate surface area is 121 Å². The van der Waals surface area contributed by atoms with E-state index < -0.39 is 0 Å². The minimum absolute atomic E-state index is 0.145. The number of hydrogen-bond donors (Lipinski definition) is 2. The zero-order chi connectivity index (χ0) is 15.0. The molecule has 1 rings (SSSR count). The average Bonchev–Trinajstić information content (AvgIpc) is 2.47. The summed E-state index contributed by atoms with van der Waals surface area (Å²) >= 11 is 0. The molecule has 0 radical (unpaired) electrons. The van der Waals surface area contributed by atoms with Gasteiger partial charge >= 0.3 is 0 Å². The molecule has 0 atom stereocenters. The SMILES string of the molecule is CCN(CC)CCCNC(=O)c1cc(N)ccc1OC. The van der Waals surface area contributed by atoms with Crippen LogP contribution in [-0.2, 0) is 0 Å². The van der Waals surface area contributed by atoms with E-state index >= 15 is 0 Å². The number of amides is 1. The van der Waals surface area contributed by atoms with Gasteiger partial charge in [0.05, 0.1) is 12.7 Å². The number of rotatable bonds is 8. The van der Waals surface area contributed by atoms with Crippen LogP contribution in [0.3, 0.4) is 0 Å². The Kier molecular flexibility index (Phi) is 6.87. The highest BCUT2D eigenvalue weighted by Crippen LogP contribution is 2.20. The molecule has 0 aliphatic carbocycles. The fourth-order valence-electron chi connectivity index (χ4n) is 2.04. The molecule has 0 aliphatic heterocycles. The number of anilines is 1. The van der Waals surface area contributed by atoms with E-state index in [9.17, 15) is 4.79 Å². The van der Waals surface area contributed by atoms with Crippen LogP contribution in [0.1, 0.15) is 30.6 Å². The summed E-state index contributed by atoms with van der Waals surface area (Å²) in [6.45, 7) is 7.98. The normalized spacial score (nSPS) is 10.6. The second-order valence-corrected chi connectivity index (χ2v) is 4.60. The first-order valence-corrected chi connectivity index (χ1v) is 7.06. The van der Waals surface area contributed by atoms with Crippen LogP contribution in [0, 0.1) is 0 Å². The quantitative estimate of drug-likeness (QED) is 0.562. The van der Waals surface area contributed by atoms with Crippen molar-refractivity contribution in [2.75, 3.05) is 39.0 Å². The maximum atomic E-state index is 12.1. The summed E-state index contributed by atoms with van der Waals surface area (Å²) in [5.41, 5.74) is 6.74. The van der Waals surface area contributed by atoms with Crippen LogP contribution >= 0.6 is 0 Å². The van der Waals surface area contributed by atoms with Gasteiger partial charge in [-0.1, -0.05) is 13.8 Å². The van der Waals surface area contributed by atoms with Gasteiger partial charge in [-0.3, -0.25) is 4.79 Å². The van der Waals surface area contributed by atoms with Gasteiger partial charge in [0.2, 0.25) is 0 Å². The molecule has 3 N–H and O–H groups in total. The van der Waals surface area contributed by atoms with Gasteiger partial charge in [0.25, 0.3) is 5.91 Å². The number of hydrogen-bond acceptors (Lipinski definition) is 4. The monoisotopic (exact) mass is 279 g/mol. The van der Waals surface area contributed by atoms with E-state index in [1.54, 1.807) is 25.3 Å². The largest absolute Gasteiger partial charge is 0.496 e. The smallest absolute Gasteiger partial charge is 0.255 e. The summed E-state index contributed by atoms with van der Waals surface area (Å²) in [6, 6.07) is 5.06. The van der Waals surface area contributed by atoms with Crippen LogP contribution in [0.2, 0.25) is 0 Å². The first kappa shape index (κ1) is 16.3. The molecule has 112 valence electrons. The first-order valence-electron chi connectivity index (χ1n) is 7.06. The summed E-state index contributed by atoms with van der Waals surface area (Å²) in [6.07, 6.45) is 0.929. The van der Waals surface area contributed by atoms with Gasteiger partial charge in [0.1, 0.15) is 5.75 Å². The maximum absolute atomic E-state index is 12.1. The van der Waals surface area contributed by atoms with Gasteiger partial charge < -0.3 is 20.7 Å². The summed E-state index contributed by atoms with van der Waals surface area (Å²) in [4.78, 5) is 14.4. The average molecular weight is 279 g/mol. The number of carbonyl (C=O) groups excluding carboxylic acids is 1.